The summed E-state index contributed by atoms with van der Waals surface area (Å²) in [6, 6.07) is 2.09. The maximum atomic E-state index is 6.41. The van der Waals surface area contributed by atoms with Crippen molar-refractivity contribution in [3.05, 3.63) is 22.2 Å². The average molecular weight is 270 g/mol. The summed E-state index contributed by atoms with van der Waals surface area (Å²) < 4.78 is 10.8. The summed E-state index contributed by atoms with van der Waals surface area (Å²) in [5.74, 6) is 1.36. The van der Waals surface area contributed by atoms with Crippen LogP contribution in [-0.4, -0.2) is 14.2 Å². The molecule has 1 aromatic rings. The van der Waals surface area contributed by atoms with Crippen molar-refractivity contribution in [2.45, 2.75) is 38.1 Å². The Kier molecular flexibility index (Phi) is 3.74. The number of halogens is 1. The summed E-state index contributed by atoms with van der Waals surface area (Å²) in [6.45, 7) is 2.08. The first-order valence-electron chi connectivity index (χ1n) is 6.30. The Labute approximate surface area is 113 Å². The molecule has 2 N–H and O–H groups in total. The van der Waals surface area contributed by atoms with Crippen LogP contribution in [0.5, 0.6) is 11.5 Å². The van der Waals surface area contributed by atoms with Gasteiger partial charge in [0.1, 0.15) is 16.5 Å². The molecule has 0 amide bonds. The molecule has 0 aromatic heterocycles. The van der Waals surface area contributed by atoms with Gasteiger partial charge in [-0.3, -0.25) is 0 Å². The Morgan fingerprint density at radius 2 is 1.89 bits per heavy atom. The summed E-state index contributed by atoms with van der Waals surface area (Å²) in [6.07, 6.45) is 3.98. The predicted molar refractivity (Wildman–Crippen MR) is 73.7 cm³/mol. The molecule has 0 atom stereocenters. The molecular weight excluding hydrogens is 250 g/mol. The zero-order valence-corrected chi connectivity index (χ0v) is 11.9. The highest BCUT2D eigenvalue weighted by Crippen LogP contribution is 2.49. The largest absolute Gasteiger partial charge is 0.495 e. The van der Waals surface area contributed by atoms with Crippen molar-refractivity contribution in [2.24, 2.45) is 5.73 Å². The Hall–Kier alpha value is -0.930. The first-order chi connectivity index (χ1) is 8.57. The first-order valence-corrected chi connectivity index (χ1v) is 6.68. The predicted octanol–water partition coefficient (Wildman–Crippen LogP) is 3.26. The third-order valence-corrected chi connectivity index (χ3v) is 4.17. The second-order valence-electron chi connectivity index (χ2n) is 4.83. The van der Waals surface area contributed by atoms with Gasteiger partial charge in [-0.15, -0.1) is 0 Å². The van der Waals surface area contributed by atoms with Crippen LogP contribution in [0.2, 0.25) is 5.02 Å². The quantitative estimate of drug-likeness (QED) is 0.912. The summed E-state index contributed by atoms with van der Waals surface area (Å²) in [5, 5.41) is 0.533. The number of hydrogen-bond donors (Lipinski definition) is 1. The van der Waals surface area contributed by atoms with Crippen molar-refractivity contribution in [2.75, 3.05) is 14.2 Å². The van der Waals surface area contributed by atoms with Crippen molar-refractivity contribution < 1.29 is 9.47 Å². The summed E-state index contributed by atoms with van der Waals surface area (Å²) in [4.78, 5) is 0. The van der Waals surface area contributed by atoms with Crippen molar-refractivity contribution in [1.29, 1.82) is 0 Å². The van der Waals surface area contributed by atoms with Crippen molar-refractivity contribution in [1.82, 2.24) is 0 Å². The van der Waals surface area contributed by atoms with E-state index >= 15 is 0 Å². The van der Waals surface area contributed by atoms with Gasteiger partial charge < -0.3 is 15.2 Å². The van der Waals surface area contributed by atoms with Gasteiger partial charge >= 0.3 is 0 Å². The minimum absolute atomic E-state index is 0.287. The molecule has 1 aliphatic rings. The second-order valence-corrected chi connectivity index (χ2v) is 5.20. The van der Waals surface area contributed by atoms with Gasteiger partial charge in [-0.05, 0) is 37.3 Å². The minimum atomic E-state index is -0.287. The van der Waals surface area contributed by atoms with E-state index in [4.69, 9.17) is 26.8 Å². The monoisotopic (exact) mass is 269 g/mol. The van der Waals surface area contributed by atoms with Crippen LogP contribution < -0.4 is 15.2 Å². The number of rotatable bonds is 4. The second kappa shape index (κ2) is 4.98. The molecule has 0 spiro atoms. The fourth-order valence-corrected chi connectivity index (χ4v) is 2.92. The molecule has 1 fully saturated rings. The van der Waals surface area contributed by atoms with E-state index in [1.54, 1.807) is 14.2 Å². The third kappa shape index (κ3) is 1.95. The van der Waals surface area contributed by atoms with Crippen molar-refractivity contribution in [3.8, 4) is 11.5 Å². The number of aryl methyl sites for hydroxylation is 1. The summed E-state index contributed by atoms with van der Waals surface area (Å²) >= 11 is 6.38. The number of benzene rings is 1. The van der Waals surface area contributed by atoms with Crippen LogP contribution in [0.1, 0.15) is 37.3 Å². The van der Waals surface area contributed by atoms with E-state index in [2.05, 4.69) is 13.0 Å². The number of methoxy groups -OCH3 is 2. The smallest absolute Gasteiger partial charge is 0.146 e. The lowest BCUT2D eigenvalue weighted by atomic mass is 9.72. The molecule has 0 unspecified atom stereocenters. The average Bonchev–Trinajstić information content (AvgIpc) is 2.34. The molecule has 1 aliphatic carbocycles. The lowest BCUT2D eigenvalue weighted by Crippen LogP contribution is -2.43. The Bertz CT molecular complexity index is 456. The van der Waals surface area contributed by atoms with E-state index in [1.165, 1.54) is 0 Å². The van der Waals surface area contributed by atoms with Crippen LogP contribution in [0, 0.1) is 0 Å². The highest BCUT2D eigenvalue weighted by atomic mass is 35.5. The molecule has 0 bridgehead atoms. The fourth-order valence-electron chi connectivity index (χ4n) is 2.55. The molecule has 1 aromatic carbocycles. The molecular formula is C14H20ClNO2. The topological polar surface area (TPSA) is 44.5 Å². The van der Waals surface area contributed by atoms with E-state index in [9.17, 15) is 0 Å². The highest BCUT2D eigenvalue weighted by molar-refractivity contribution is 6.33. The maximum absolute atomic E-state index is 6.41. The van der Waals surface area contributed by atoms with Crippen LogP contribution >= 0.6 is 11.6 Å². The Morgan fingerprint density at radius 1 is 1.28 bits per heavy atom. The van der Waals surface area contributed by atoms with Crippen molar-refractivity contribution >= 4 is 11.6 Å². The van der Waals surface area contributed by atoms with Gasteiger partial charge in [0.2, 0.25) is 0 Å². The van der Waals surface area contributed by atoms with E-state index in [1.807, 2.05) is 0 Å². The number of nitrogens with two attached hydrogens (primary N) is 1. The van der Waals surface area contributed by atoms with Crippen LogP contribution in [-0.2, 0) is 12.0 Å². The van der Waals surface area contributed by atoms with Crippen molar-refractivity contribution in [3.63, 3.8) is 0 Å². The molecule has 100 valence electrons. The van der Waals surface area contributed by atoms with Crippen LogP contribution in [0.15, 0.2) is 6.07 Å². The van der Waals surface area contributed by atoms with Gasteiger partial charge in [0.15, 0.2) is 0 Å². The molecule has 1 saturated carbocycles. The summed E-state index contributed by atoms with van der Waals surface area (Å²) in [5.41, 5.74) is 8.21. The number of hydrogen-bond acceptors (Lipinski definition) is 3. The fraction of sp³-hybridized carbons (Fsp3) is 0.571. The van der Waals surface area contributed by atoms with Crippen LogP contribution in [0.3, 0.4) is 0 Å². The third-order valence-electron chi connectivity index (χ3n) is 3.82. The van der Waals surface area contributed by atoms with Gasteiger partial charge in [-0.1, -0.05) is 18.5 Å². The lowest BCUT2D eigenvalue weighted by molar-refractivity contribution is 0.243. The zero-order chi connectivity index (χ0) is 13.3. The minimum Gasteiger partial charge on any atom is -0.495 e. The van der Waals surface area contributed by atoms with E-state index in [-0.39, 0.29) is 5.54 Å². The van der Waals surface area contributed by atoms with Crippen LogP contribution in [0.4, 0.5) is 0 Å². The van der Waals surface area contributed by atoms with E-state index < -0.39 is 0 Å². The standard InChI is InChI=1S/C14H20ClNO2/c1-4-9-8-10(14(16)6-5-7-14)13(18-3)11(15)12(9)17-2/h8H,4-7,16H2,1-3H3. The summed E-state index contributed by atoms with van der Waals surface area (Å²) in [7, 11) is 3.25. The first kappa shape index (κ1) is 13.5. The normalized spacial score (nSPS) is 17.2. The Balaban J connectivity index is 2.62. The lowest BCUT2D eigenvalue weighted by Gasteiger charge is -2.40. The molecule has 3 nitrogen and oxygen atoms in total. The van der Waals surface area contributed by atoms with Gasteiger partial charge in [-0.25, -0.2) is 0 Å². The maximum Gasteiger partial charge on any atom is 0.146 e. The Morgan fingerprint density at radius 3 is 2.28 bits per heavy atom. The van der Waals surface area contributed by atoms with Gasteiger partial charge in [-0.2, -0.15) is 0 Å². The molecule has 18 heavy (non-hydrogen) atoms. The van der Waals surface area contributed by atoms with E-state index in [0.29, 0.717) is 16.5 Å². The highest BCUT2D eigenvalue weighted by Gasteiger charge is 2.38. The number of ether oxygens (including phenoxy) is 2. The molecule has 0 heterocycles. The van der Waals surface area contributed by atoms with Gasteiger partial charge in [0, 0.05) is 11.1 Å². The molecule has 0 aliphatic heterocycles. The molecule has 0 radical (unpaired) electrons. The van der Waals surface area contributed by atoms with Gasteiger partial charge in [0.25, 0.3) is 0 Å². The molecule has 0 saturated heterocycles. The van der Waals surface area contributed by atoms with Gasteiger partial charge in [0.05, 0.1) is 14.2 Å². The SMILES string of the molecule is CCc1cc(C2(N)CCC2)c(OC)c(Cl)c1OC. The van der Waals surface area contributed by atoms with Crippen LogP contribution in [0.25, 0.3) is 0 Å². The molecule has 2 rings (SSSR count). The zero-order valence-electron chi connectivity index (χ0n) is 11.2. The van der Waals surface area contributed by atoms with E-state index in [0.717, 1.165) is 36.8 Å². The molecule has 4 heteroatoms.